The van der Waals surface area contributed by atoms with E-state index in [1.165, 1.54) is 4.90 Å². The molecule has 1 fully saturated rings. The Hall–Kier alpha value is -2.52. The van der Waals surface area contributed by atoms with Gasteiger partial charge in [-0.15, -0.1) is 0 Å². The Morgan fingerprint density at radius 1 is 0.939 bits per heavy atom. The minimum absolute atomic E-state index is 0.285. The van der Waals surface area contributed by atoms with Crippen LogP contribution in [0.5, 0.6) is 0 Å². The second-order valence-corrected chi connectivity index (χ2v) is 10.7. The van der Waals surface area contributed by atoms with Crippen molar-refractivity contribution in [2.75, 3.05) is 11.4 Å². The van der Waals surface area contributed by atoms with E-state index in [4.69, 9.17) is 11.6 Å². The molecule has 33 heavy (non-hydrogen) atoms. The molecule has 3 aromatic rings. The Morgan fingerprint density at radius 3 is 2.45 bits per heavy atom. The Balaban J connectivity index is 1.44. The minimum Gasteiger partial charge on any atom is -0.277 e. The molecular weight excluding hydrogens is 544 g/mol. The molecule has 2 aliphatic rings. The molecule has 0 radical (unpaired) electrons. The molecule has 0 N–H and O–H groups in total. The van der Waals surface area contributed by atoms with E-state index in [-0.39, 0.29) is 11.4 Å². The van der Waals surface area contributed by atoms with Crippen molar-refractivity contribution < 1.29 is 14.4 Å². The summed E-state index contributed by atoms with van der Waals surface area (Å²) in [7, 11) is 0. The van der Waals surface area contributed by atoms with E-state index in [1.54, 1.807) is 30.0 Å². The van der Waals surface area contributed by atoms with E-state index in [9.17, 15) is 14.4 Å². The number of hydrogen-bond donors (Lipinski definition) is 0. The zero-order valence-electron chi connectivity index (χ0n) is 16.8. The molecule has 3 aromatic carbocycles. The van der Waals surface area contributed by atoms with Crippen LogP contribution in [0.4, 0.5) is 16.2 Å². The van der Waals surface area contributed by atoms with Gasteiger partial charge in [-0.3, -0.25) is 24.2 Å². The van der Waals surface area contributed by atoms with Crippen LogP contribution in [0.15, 0.2) is 85.9 Å². The van der Waals surface area contributed by atoms with Gasteiger partial charge in [0.1, 0.15) is 6.54 Å². The Kier molecular flexibility index (Phi) is 6.09. The van der Waals surface area contributed by atoms with Crippen molar-refractivity contribution in [3.8, 4) is 0 Å². The maximum Gasteiger partial charge on any atom is 0.294 e. The van der Waals surface area contributed by atoms with Crippen LogP contribution in [0.3, 0.4) is 0 Å². The number of carbonyl (C=O) groups excluding carboxylic acids is 3. The van der Waals surface area contributed by atoms with Gasteiger partial charge in [0, 0.05) is 19.3 Å². The van der Waals surface area contributed by atoms with Gasteiger partial charge in [-0.25, -0.2) is 0 Å². The van der Waals surface area contributed by atoms with E-state index in [0.717, 1.165) is 36.5 Å². The third-order valence-corrected chi connectivity index (χ3v) is 7.87. The van der Waals surface area contributed by atoms with E-state index in [1.807, 2.05) is 54.6 Å². The third-order valence-electron chi connectivity index (χ3n) is 5.07. The highest BCUT2D eigenvalue weighted by Gasteiger charge is 2.38. The van der Waals surface area contributed by atoms with Crippen LogP contribution in [-0.2, 0) is 9.59 Å². The number of hydrogen-bond acceptors (Lipinski definition) is 5. The Bertz CT molecular complexity index is 1340. The molecule has 0 unspecified atom stereocenters. The van der Waals surface area contributed by atoms with Crippen LogP contribution in [0.1, 0.15) is 5.56 Å². The van der Waals surface area contributed by atoms with Gasteiger partial charge >= 0.3 is 0 Å². The van der Waals surface area contributed by atoms with Gasteiger partial charge < -0.3 is 0 Å². The number of nitrogens with zero attached hydrogens (tertiary/aromatic N) is 2. The molecule has 0 aliphatic carbocycles. The van der Waals surface area contributed by atoms with Gasteiger partial charge in [-0.1, -0.05) is 63.6 Å². The van der Waals surface area contributed by atoms with E-state index < -0.39 is 17.1 Å². The normalized spacial score (nSPS) is 16.2. The Labute approximate surface area is 211 Å². The number of thioether (sulfide) groups is 1. The van der Waals surface area contributed by atoms with Gasteiger partial charge in [0.25, 0.3) is 17.1 Å². The maximum atomic E-state index is 13.5. The fourth-order valence-corrected chi connectivity index (χ4v) is 5.86. The Morgan fingerprint density at radius 2 is 1.67 bits per heavy atom. The molecule has 0 aromatic heterocycles. The zero-order chi connectivity index (χ0) is 23.1. The number of amides is 3. The summed E-state index contributed by atoms with van der Waals surface area (Å²) in [6, 6.07) is 20.3. The molecule has 2 aliphatic heterocycles. The lowest BCUT2D eigenvalue weighted by molar-refractivity contribution is -0.127. The van der Waals surface area contributed by atoms with Gasteiger partial charge in [0.15, 0.2) is 0 Å². The monoisotopic (exact) mass is 556 g/mol. The number of carbonyl (C=O) groups is 3. The SMILES string of the molecule is O=C1S/C(=C/c2ccc(Br)cc2)C(=O)N1CC(=O)N1c2ccccc2Sc2ccc(Cl)cc21. The highest BCUT2D eigenvalue weighted by Crippen LogP contribution is 2.49. The predicted octanol–water partition coefficient (Wildman–Crippen LogP) is 6.97. The molecule has 2 heterocycles. The van der Waals surface area contributed by atoms with Crippen molar-refractivity contribution in [1.29, 1.82) is 0 Å². The smallest absolute Gasteiger partial charge is 0.277 e. The lowest BCUT2D eigenvalue weighted by Crippen LogP contribution is -2.41. The van der Waals surface area contributed by atoms with Crippen LogP contribution in [0.25, 0.3) is 6.08 Å². The lowest BCUT2D eigenvalue weighted by atomic mass is 10.2. The van der Waals surface area contributed by atoms with Gasteiger partial charge in [-0.2, -0.15) is 0 Å². The molecule has 0 saturated carbocycles. The molecule has 0 spiro atoms. The first-order chi connectivity index (χ1) is 15.9. The van der Waals surface area contributed by atoms with Crippen molar-refractivity contribution in [3.63, 3.8) is 0 Å². The molecule has 0 atom stereocenters. The van der Waals surface area contributed by atoms with Crippen molar-refractivity contribution in [1.82, 2.24) is 4.90 Å². The molecular formula is C24H14BrClN2O3S2. The van der Waals surface area contributed by atoms with Gasteiger partial charge in [0.05, 0.1) is 16.3 Å². The number of anilines is 2. The summed E-state index contributed by atoms with van der Waals surface area (Å²) in [6.07, 6.45) is 1.66. The second kappa shape index (κ2) is 9.02. The van der Waals surface area contributed by atoms with Gasteiger partial charge in [-0.05, 0) is 65.9 Å². The molecule has 3 amide bonds. The molecule has 9 heteroatoms. The fourth-order valence-electron chi connectivity index (χ4n) is 3.55. The van der Waals surface area contributed by atoms with Crippen LogP contribution in [0, 0.1) is 0 Å². The zero-order valence-corrected chi connectivity index (χ0v) is 20.8. The average Bonchev–Trinajstić information content (AvgIpc) is 3.06. The topological polar surface area (TPSA) is 57.7 Å². The minimum atomic E-state index is -0.479. The highest BCUT2D eigenvalue weighted by atomic mass is 79.9. The first-order valence-corrected chi connectivity index (χ1v) is 12.6. The standard InChI is InChI=1S/C24H14BrClN2O3S2/c25-15-7-5-14(6-8-15)11-21-23(30)27(24(31)33-21)13-22(29)28-17-3-1-2-4-19(17)32-20-10-9-16(26)12-18(20)28/h1-12H,13H2/b21-11+. The summed E-state index contributed by atoms with van der Waals surface area (Å²) in [5.74, 6) is -0.870. The average molecular weight is 558 g/mol. The summed E-state index contributed by atoms with van der Waals surface area (Å²) in [4.78, 5) is 43.7. The van der Waals surface area contributed by atoms with Crippen molar-refractivity contribution in [2.45, 2.75) is 9.79 Å². The molecule has 164 valence electrons. The second-order valence-electron chi connectivity index (χ2n) is 7.23. The van der Waals surface area contributed by atoms with Crippen LogP contribution in [-0.4, -0.2) is 28.5 Å². The number of para-hydroxylation sites is 1. The lowest BCUT2D eigenvalue weighted by Gasteiger charge is -2.32. The summed E-state index contributed by atoms with van der Waals surface area (Å²) < 4.78 is 0.915. The van der Waals surface area contributed by atoms with Crippen LogP contribution >= 0.6 is 51.1 Å². The number of rotatable bonds is 3. The number of imide groups is 1. The third kappa shape index (κ3) is 4.36. The van der Waals surface area contributed by atoms with Crippen LogP contribution in [0.2, 0.25) is 5.02 Å². The van der Waals surface area contributed by atoms with Gasteiger partial charge in [0.2, 0.25) is 0 Å². The predicted molar refractivity (Wildman–Crippen MR) is 136 cm³/mol. The van der Waals surface area contributed by atoms with Crippen molar-refractivity contribution >= 4 is 85.6 Å². The molecule has 1 saturated heterocycles. The quantitative estimate of drug-likeness (QED) is 0.326. The fraction of sp³-hybridized carbons (Fsp3) is 0.0417. The van der Waals surface area contributed by atoms with E-state index in [2.05, 4.69) is 15.9 Å². The number of fused-ring (bicyclic) bond motifs is 2. The number of benzene rings is 3. The van der Waals surface area contributed by atoms with E-state index >= 15 is 0 Å². The van der Waals surface area contributed by atoms with E-state index in [0.29, 0.717) is 16.4 Å². The maximum absolute atomic E-state index is 13.5. The molecule has 0 bridgehead atoms. The highest BCUT2D eigenvalue weighted by molar-refractivity contribution is 9.10. The first kappa shape index (κ1) is 22.3. The largest absolute Gasteiger partial charge is 0.294 e. The first-order valence-electron chi connectivity index (χ1n) is 9.81. The summed E-state index contributed by atoms with van der Waals surface area (Å²) in [5, 5.41) is 0.0258. The summed E-state index contributed by atoms with van der Waals surface area (Å²) in [5.41, 5.74) is 2.12. The van der Waals surface area contributed by atoms with Crippen molar-refractivity contribution in [2.24, 2.45) is 0 Å². The summed E-state index contributed by atoms with van der Waals surface area (Å²) >= 11 is 12.0. The summed E-state index contributed by atoms with van der Waals surface area (Å²) in [6.45, 7) is -0.368. The molecule has 5 rings (SSSR count). The molecule has 5 nitrogen and oxygen atoms in total. The van der Waals surface area contributed by atoms with Crippen LogP contribution < -0.4 is 4.90 Å². The van der Waals surface area contributed by atoms with Crippen molar-refractivity contribution in [3.05, 3.63) is 86.7 Å². The number of halogens is 2.